The van der Waals surface area contributed by atoms with Crippen LogP contribution in [0.15, 0.2) is 48.5 Å². The second kappa shape index (κ2) is 4.77. The van der Waals surface area contributed by atoms with Gasteiger partial charge in [-0.3, -0.25) is 0 Å². The van der Waals surface area contributed by atoms with E-state index in [9.17, 15) is 0 Å². The molecule has 0 aliphatic heterocycles. The molecular weight excluding hydrogens is 240 g/mol. The van der Waals surface area contributed by atoms with Crippen LogP contribution < -0.4 is 0 Å². The zero-order valence-corrected chi connectivity index (χ0v) is 12.2. The van der Waals surface area contributed by atoms with Crippen molar-refractivity contribution in [3.63, 3.8) is 0 Å². The zero-order chi connectivity index (χ0) is 13.5. The summed E-state index contributed by atoms with van der Waals surface area (Å²) in [5, 5.41) is 0. The van der Waals surface area contributed by atoms with E-state index in [4.69, 9.17) is 0 Å². The topological polar surface area (TPSA) is 0 Å². The average Bonchev–Trinajstić information content (AvgIpc) is 2.53. The quantitative estimate of drug-likeness (QED) is 0.687. The molecule has 0 aromatic heterocycles. The molecule has 102 valence electrons. The molecule has 3 aliphatic carbocycles. The second-order valence-electron chi connectivity index (χ2n) is 6.43. The molecule has 0 spiro atoms. The smallest absolute Gasteiger partial charge is 0.0124 e. The molecule has 2 aromatic rings. The molecule has 0 saturated carbocycles. The maximum absolute atomic E-state index is 2.38. The largest absolute Gasteiger partial charge is 0.0654 e. The molecule has 0 fully saturated rings. The Kier molecular flexibility index (Phi) is 2.91. The van der Waals surface area contributed by atoms with Gasteiger partial charge in [0.15, 0.2) is 0 Å². The summed E-state index contributed by atoms with van der Waals surface area (Å²) in [6.45, 7) is 2.31. The van der Waals surface area contributed by atoms with Crippen molar-refractivity contribution in [3.8, 4) is 0 Å². The van der Waals surface area contributed by atoms with Crippen LogP contribution in [-0.4, -0.2) is 0 Å². The summed E-state index contributed by atoms with van der Waals surface area (Å²) in [5.41, 5.74) is 6.43. The molecule has 0 nitrogen and oxygen atoms in total. The second-order valence-corrected chi connectivity index (χ2v) is 6.43. The fourth-order valence-corrected chi connectivity index (χ4v) is 4.51. The number of hydrogen-bond acceptors (Lipinski definition) is 0. The third-order valence-corrected chi connectivity index (χ3v) is 5.35. The number of benzene rings is 2. The zero-order valence-electron chi connectivity index (χ0n) is 12.2. The highest BCUT2D eigenvalue weighted by atomic mass is 14.5. The summed E-state index contributed by atoms with van der Waals surface area (Å²) in [7, 11) is 0. The lowest BCUT2D eigenvalue weighted by molar-refractivity contribution is 0.328. The van der Waals surface area contributed by atoms with E-state index in [2.05, 4.69) is 55.5 Å². The summed E-state index contributed by atoms with van der Waals surface area (Å²) in [5.74, 6) is 2.15. The molecule has 3 aliphatic rings. The van der Waals surface area contributed by atoms with E-state index in [1.54, 1.807) is 22.3 Å². The molecule has 0 heterocycles. The average molecular weight is 262 g/mol. The van der Waals surface area contributed by atoms with E-state index in [0.29, 0.717) is 11.8 Å². The van der Waals surface area contributed by atoms with Gasteiger partial charge >= 0.3 is 0 Å². The van der Waals surface area contributed by atoms with Crippen molar-refractivity contribution in [2.45, 2.75) is 44.4 Å². The maximum Gasteiger partial charge on any atom is 0.0124 e. The van der Waals surface area contributed by atoms with Crippen LogP contribution in [-0.2, 0) is 0 Å². The minimum atomic E-state index is 0.647. The van der Waals surface area contributed by atoms with Crippen LogP contribution in [0.4, 0.5) is 0 Å². The first kappa shape index (κ1) is 12.2. The first-order valence-electron chi connectivity index (χ1n) is 8.07. The summed E-state index contributed by atoms with van der Waals surface area (Å²) >= 11 is 0. The minimum Gasteiger partial charge on any atom is -0.0654 e. The third-order valence-electron chi connectivity index (χ3n) is 5.35. The van der Waals surface area contributed by atoms with Gasteiger partial charge in [-0.2, -0.15) is 0 Å². The van der Waals surface area contributed by atoms with Crippen molar-refractivity contribution in [3.05, 3.63) is 70.8 Å². The van der Waals surface area contributed by atoms with Crippen molar-refractivity contribution in [1.29, 1.82) is 0 Å². The van der Waals surface area contributed by atoms with Crippen molar-refractivity contribution in [2.24, 2.45) is 5.92 Å². The summed E-state index contributed by atoms with van der Waals surface area (Å²) < 4.78 is 0. The van der Waals surface area contributed by atoms with Gasteiger partial charge in [0.05, 0.1) is 0 Å². The molecular formula is C20H22. The van der Waals surface area contributed by atoms with Crippen LogP contribution in [0.25, 0.3) is 0 Å². The Labute approximate surface area is 121 Å². The van der Waals surface area contributed by atoms with Crippen LogP contribution in [0.5, 0.6) is 0 Å². The van der Waals surface area contributed by atoms with Gasteiger partial charge in [0, 0.05) is 11.8 Å². The predicted molar refractivity (Wildman–Crippen MR) is 84.2 cm³/mol. The van der Waals surface area contributed by atoms with Gasteiger partial charge in [-0.05, 0) is 41.0 Å². The first-order valence-corrected chi connectivity index (χ1v) is 8.07. The molecule has 0 radical (unpaired) electrons. The van der Waals surface area contributed by atoms with E-state index in [1.165, 1.54) is 25.7 Å². The lowest BCUT2D eigenvalue weighted by Gasteiger charge is -2.45. The summed E-state index contributed by atoms with van der Waals surface area (Å²) in [4.78, 5) is 0. The minimum absolute atomic E-state index is 0.647. The number of hydrogen-bond donors (Lipinski definition) is 0. The predicted octanol–water partition coefficient (Wildman–Crippen LogP) is 5.47. The van der Waals surface area contributed by atoms with Crippen LogP contribution >= 0.6 is 0 Å². The van der Waals surface area contributed by atoms with E-state index in [0.717, 1.165) is 5.92 Å². The highest BCUT2D eigenvalue weighted by Gasteiger charge is 2.42. The Morgan fingerprint density at radius 1 is 0.850 bits per heavy atom. The molecule has 1 unspecified atom stereocenters. The van der Waals surface area contributed by atoms with E-state index in [1.807, 2.05) is 0 Å². The highest BCUT2D eigenvalue weighted by molar-refractivity contribution is 5.55. The molecule has 20 heavy (non-hydrogen) atoms. The SMILES string of the molecule is CCCCC1CC2c3ccccc3C1c1ccccc12. The van der Waals surface area contributed by atoms with Gasteiger partial charge in [0.1, 0.15) is 0 Å². The Bertz CT molecular complexity index is 578. The fourth-order valence-electron chi connectivity index (χ4n) is 4.51. The van der Waals surface area contributed by atoms with Gasteiger partial charge in [0.2, 0.25) is 0 Å². The van der Waals surface area contributed by atoms with Gasteiger partial charge in [-0.15, -0.1) is 0 Å². The van der Waals surface area contributed by atoms with Crippen molar-refractivity contribution >= 4 is 0 Å². The first-order chi connectivity index (χ1) is 9.90. The molecule has 0 heteroatoms. The molecule has 1 atom stereocenters. The van der Waals surface area contributed by atoms with E-state index in [-0.39, 0.29) is 0 Å². The van der Waals surface area contributed by atoms with Crippen LogP contribution in [0, 0.1) is 5.92 Å². The molecule has 0 amide bonds. The number of rotatable bonds is 3. The molecule has 5 rings (SSSR count). The third kappa shape index (κ3) is 1.67. The van der Waals surface area contributed by atoms with Gasteiger partial charge in [-0.25, -0.2) is 0 Å². The molecule has 0 N–H and O–H groups in total. The van der Waals surface area contributed by atoms with Crippen LogP contribution in [0.3, 0.4) is 0 Å². The molecule has 2 bridgehead atoms. The summed E-state index contributed by atoms with van der Waals surface area (Å²) in [6, 6.07) is 18.3. The standard InChI is InChI=1S/C20H22/c1-2-3-8-14-13-19-15-9-4-6-11-17(15)20(14)18-12-7-5-10-16(18)19/h4-7,9-12,14,19-20H,2-3,8,13H2,1H3. The summed E-state index contributed by atoms with van der Waals surface area (Å²) in [6.07, 6.45) is 5.44. The normalized spacial score (nSPS) is 26.1. The number of unbranched alkanes of at least 4 members (excludes halogenated alkanes) is 1. The Morgan fingerprint density at radius 2 is 1.40 bits per heavy atom. The van der Waals surface area contributed by atoms with Gasteiger partial charge in [0.25, 0.3) is 0 Å². The monoisotopic (exact) mass is 262 g/mol. The highest BCUT2D eigenvalue weighted by Crippen LogP contribution is 2.56. The van der Waals surface area contributed by atoms with E-state index >= 15 is 0 Å². The Hall–Kier alpha value is -1.56. The maximum atomic E-state index is 2.38. The fraction of sp³-hybridized carbons (Fsp3) is 0.400. The van der Waals surface area contributed by atoms with Crippen LogP contribution in [0.1, 0.15) is 66.7 Å². The Morgan fingerprint density at radius 3 is 1.95 bits per heavy atom. The van der Waals surface area contributed by atoms with Crippen molar-refractivity contribution in [2.75, 3.05) is 0 Å². The molecule has 0 saturated heterocycles. The lowest BCUT2D eigenvalue weighted by atomic mass is 9.58. The van der Waals surface area contributed by atoms with Crippen LogP contribution in [0.2, 0.25) is 0 Å². The van der Waals surface area contributed by atoms with Gasteiger partial charge in [-0.1, -0.05) is 68.3 Å². The van der Waals surface area contributed by atoms with E-state index < -0.39 is 0 Å². The van der Waals surface area contributed by atoms with Crippen molar-refractivity contribution < 1.29 is 0 Å². The van der Waals surface area contributed by atoms with Crippen molar-refractivity contribution in [1.82, 2.24) is 0 Å². The lowest BCUT2D eigenvalue weighted by Crippen LogP contribution is -2.32. The Balaban J connectivity index is 1.84. The van der Waals surface area contributed by atoms with Gasteiger partial charge < -0.3 is 0 Å². The molecule has 2 aromatic carbocycles. The number of fused-ring (bicyclic) bond motifs is 1.